The van der Waals surface area contributed by atoms with Gasteiger partial charge >= 0.3 is 0 Å². The Bertz CT molecular complexity index is 718. The normalized spacial score (nSPS) is 16.2. The zero-order valence-corrected chi connectivity index (χ0v) is 20.8. The number of hydrogen-bond acceptors (Lipinski definition) is 5. The number of rotatable bonds is 9. The Balaban J connectivity index is 0.00000420. The zero-order chi connectivity index (χ0) is 20.4. The number of sulfone groups is 1. The molecule has 1 aliphatic heterocycles. The molecule has 1 fully saturated rings. The van der Waals surface area contributed by atoms with Gasteiger partial charge in [0, 0.05) is 31.9 Å². The maximum Gasteiger partial charge on any atom is 0.191 e. The molecule has 0 unspecified atom stereocenters. The lowest BCUT2D eigenvalue weighted by Crippen LogP contribution is -2.48. The summed E-state index contributed by atoms with van der Waals surface area (Å²) in [6, 6.07) is 6.92. The minimum atomic E-state index is -3.18. The topological polar surface area (TPSA) is 83.0 Å². The van der Waals surface area contributed by atoms with Crippen molar-refractivity contribution in [2.24, 2.45) is 4.99 Å². The van der Waals surface area contributed by atoms with Crippen LogP contribution in [-0.4, -0.2) is 70.9 Å². The van der Waals surface area contributed by atoms with E-state index in [1.807, 2.05) is 0 Å². The van der Waals surface area contributed by atoms with E-state index in [0.717, 1.165) is 38.4 Å². The minimum Gasteiger partial charge on any atom is -0.492 e. The van der Waals surface area contributed by atoms with E-state index in [9.17, 15) is 8.42 Å². The molecule has 0 atom stereocenters. The Kier molecular flexibility index (Phi) is 11.9. The Labute approximate surface area is 192 Å². The summed E-state index contributed by atoms with van der Waals surface area (Å²) in [5.74, 6) is 1.47. The quantitative estimate of drug-likeness (QED) is 0.218. The van der Waals surface area contributed by atoms with E-state index in [-0.39, 0.29) is 24.0 Å². The van der Waals surface area contributed by atoms with Crippen LogP contribution in [0, 0.1) is 0 Å². The first-order valence-electron chi connectivity index (χ1n) is 10.1. The predicted octanol–water partition coefficient (Wildman–Crippen LogP) is 2.52. The maximum absolute atomic E-state index is 11.5. The Morgan fingerprint density at radius 2 is 1.86 bits per heavy atom. The molecule has 0 saturated carbocycles. The van der Waals surface area contributed by atoms with Gasteiger partial charge in [-0.15, -0.1) is 24.0 Å². The molecule has 9 heteroatoms. The maximum atomic E-state index is 11.5. The van der Waals surface area contributed by atoms with Crippen LogP contribution in [0.4, 0.5) is 0 Å². The number of hydrogen-bond donors (Lipinski definition) is 2. The molecule has 0 radical (unpaired) electrons. The summed E-state index contributed by atoms with van der Waals surface area (Å²) in [5, 5.41) is 6.82. The van der Waals surface area contributed by atoms with Crippen molar-refractivity contribution in [3.8, 4) is 5.75 Å². The van der Waals surface area contributed by atoms with Crippen LogP contribution in [-0.2, 0) is 9.84 Å². The van der Waals surface area contributed by atoms with Crippen LogP contribution in [0.25, 0.3) is 0 Å². The van der Waals surface area contributed by atoms with Gasteiger partial charge in [0.15, 0.2) is 15.8 Å². The first-order chi connectivity index (χ1) is 13.4. The molecule has 2 N–H and O–H groups in total. The highest BCUT2D eigenvalue weighted by Gasteiger charge is 2.19. The van der Waals surface area contributed by atoms with Crippen molar-refractivity contribution in [3.63, 3.8) is 0 Å². The summed E-state index contributed by atoms with van der Waals surface area (Å²) in [7, 11) is -3.18. The molecule has 0 bridgehead atoms. The number of ether oxygens (including phenoxy) is 1. The third-order valence-corrected chi connectivity index (χ3v) is 5.82. The van der Waals surface area contributed by atoms with Crippen LogP contribution in [0.3, 0.4) is 0 Å². The largest absolute Gasteiger partial charge is 0.492 e. The van der Waals surface area contributed by atoms with Crippen LogP contribution >= 0.6 is 24.0 Å². The lowest BCUT2D eigenvalue weighted by molar-refractivity contribution is 0.206. The van der Waals surface area contributed by atoms with Gasteiger partial charge in [0.2, 0.25) is 0 Å². The lowest BCUT2D eigenvalue weighted by atomic mass is 10.1. The molecule has 0 aliphatic carbocycles. The van der Waals surface area contributed by atoms with E-state index in [2.05, 4.69) is 34.4 Å². The lowest BCUT2D eigenvalue weighted by Gasteiger charge is -2.32. The SMILES string of the molecule is CCCN1CCC(NC(=NCCOc2ccc(S(C)(=O)=O)cc2)NCC)CC1.I. The fourth-order valence-electron chi connectivity index (χ4n) is 3.23. The van der Waals surface area contributed by atoms with Crippen LogP contribution in [0.1, 0.15) is 33.1 Å². The number of likely N-dealkylation sites (tertiary alicyclic amines) is 1. The highest BCUT2D eigenvalue weighted by atomic mass is 127. The second kappa shape index (κ2) is 13.3. The van der Waals surface area contributed by atoms with Gasteiger partial charge in [-0.3, -0.25) is 0 Å². The van der Waals surface area contributed by atoms with Gasteiger partial charge in [0.1, 0.15) is 12.4 Å². The number of guanidine groups is 1. The molecule has 1 aromatic carbocycles. The van der Waals surface area contributed by atoms with Crippen LogP contribution < -0.4 is 15.4 Å². The molecule has 1 saturated heterocycles. The standard InChI is InChI=1S/C20H34N4O3S.HI/c1-4-13-24-14-10-17(11-15-24)23-20(21-5-2)22-12-16-27-18-6-8-19(9-7-18)28(3,25)26;/h6-9,17H,4-5,10-16H2,1-3H3,(H2,21,22,23);1H. The van der Waals surface area contributed by atoms with Crippen molar-refractivity contribution in [2.75, 3.05) is 45.6 Å². The van der Waals surface area contributed by atoms with Gasteiger partial charge in [-0.05, 0) is 57.0 Å². The van der Waals surface area contributed by atoms with Crippen molar-refractivity contribution >= 4 is 39.8 Å². The summed E-state index contributed by atoms with van der Waals surface area (Å²) in [6.45, 7) is 9.51. The Morgan fingerprint density at radius 3 is 2.41 bits per heavy atom. The second-order valence-electron chi connectivity index (χ2n) is 7.11. The molecule has 166 valence electrons. The van der Waals surface area contributed by atoms with Crippen molar-refractivity contribution < 1.29 is 13.2 Å². The van der Waals surface area contributed by atoms with Crippen molar-refractivity contribution in [1.82, 2.24) is 15.5 Å². The zero-order valence-electron chi connectivity index (χ0n) is 17.7. The molecule has 1 aromatic rings. The average molecular weight is 538 g/mol. The Morgan fingerprint density at radius 1 is 1.21 bits per heavy atom. The van der Waals surface area contributed by atoms with E-state index < -0.39 is 9.84 Å². The molecular formula is C20H35IN4O3S. The minimum absolute atomic E-state index is 0. The summed E-state index contributed by atoms with van der Waals surface area (Å²) < 4.78 is 28.6. The van der Waals surface area contributed by atoms with E-state index in [4.69, 9.17) is 4.74 Å². The number of aliphatic imine (C=N–C) groups is 1. The summed E-state index contributed by atoms with van der Waals surface area (Å²) in [5.41, 5.74) is 0. The third kappa shape index (κ3) is 9.52. The number of benzene rings is 1. The Hall–Kier alpha value is -1.07. The first kappa shape index (κ1) is 26.0. The van der Waals surface area contributed by atoms with Crippen LogP contribution in [0.5, 0.6) is 5.75 Å². The van der Waals surface area contributed by atoms with Crippen LogP contribution in [0.15, 0.2) is 34.2 Å². The molecule has 2 rings (SSSR count). The first-order valence-corrected chi connectivity index (χ1v) is 12.0. The van der Waals surface area contributed by atoms with E-state index in [1.165, 1.54) is 19.2 Å². The van der Waals surface area contributed by atoms with E-state index >= 15 is 0 Å². The summed E-state index contributed by atoms with van der Waals surface area (Å²) in [6.07, 6.45) is 4.67. The van der Waals surface area contributed by atoms with Gasteiger partial charge in [0.25, 0.3) is 0 Å². The molecular weight excluding hydrogens is 503 g/mol. The van der Waals surface area contributed by atoms with E-state index in [0.29, 0.717) is 29.8 Å². The third-order valence-electron chi connectivity index (χ3n) is 4.69. The fraction of sp³-hybridized carbons (Fsp3) is 0.650. The van der Waals surface area contributed by atoms with Gasteiger partial charge in [0.05, 0.1) is 11.4 Å². The van der Waals surface area contributed by atoms with Crippen molar-refractivity contribution in [1.29, 1.82) is 0 Å². The second-order valence-corrected chi connectivity index (χ2v) is 9.13. The van der Waals surface area contributed by atoms with Gasteiger partial charge in [-0.25, -0.2) is 13.4 Å². The fourth-order valence-corrected chi connectivity index (χ4v) is 3.86. The van der Waals surface area contributed by atoms with Gasteiger partial charge in [-0.2, -0.15) is 0 Å². The van der Waals surface area contributed by atoms with Gasteiger partial charge < -0.3 is 20.3 Å². The number of piperidine rings is 1. The predicted molar refractivity (Wildman–Crippen MR) is 129 cm³/mol. The molecule has 29 heavy (non-hydrogen) atoms. The summed E-state index contributed by atoms with van der Waals surface area (Å²) in [4.78, 5) is 7.41. The van der Waals surface area contributed by atoms with Crippen molar-refractivity contribution in [3.05, 3.63) is 24.3 Å². The molecule has 1 aliphatic rings. The number of nitrogens with zero attached hydrogens (tertiary/aromatic N) is 2. The van der Waals surface area contributed by atoms with Crippen molar-refractivity contribution in [2.45, 2.75) is 44.0 Å². The van der Waals surface area contributed by atoms with E-state index in [1.54, 1.807) is 24.3 Å². The molecule has 7 nitrogen and oxygen atoms in total. The number of halogens is 1. The average Bonchev–Trinajstić information content (AvgIpc) is 2.67. The highest BCUT2D eigenvalue weighted by Crippen LogP contribution is 2.15. The number of nitrogens with one attached hydrogen (secondary N) is 2. The molecule has 0 amide bonds. The molecule has 0 aromatic heterocycles. The molecule has 0 spiro atoms. The van der Waals surface area contributed by atoms with Crippen LogP contribution in [0.2, 0.25) is 0 Å². The smallest absolute Gasteiger partial charge is 0.191 e. The monoisotopic (exact) mass is 538 g/mol. The molecule has 1 heterocycles. The highest BCUT2D eigenvalue weighted by molar-refractivity contribution is 14.0. The summed E-state index contributed by atoms with van der Waals surface area (Å²) >= 11 is 0. The van der Waals surface area contributed by atoms with Gasteiger partial charge in [-0.1, -0.05) is 6.92 Å².